The molecule has 1 amide bonds. The molecule has 1 aliphatic rings. The van der Waals surface area contributed by atoms with Crippen molar-refractivity contribution in [3.8, 4) is 17.2 Å². The van der Waals surface area contributed by atoms with Gasteiger partial charge in [0.15, 0.2) is 0 Å². The van der Waals surface area contributed by atoms with E-state index in [-0.39, 0.29) is 5.91 Å². The van der Waals surface area contributed by atoms with Crippen molar-refractivity contribution in [1.29, 1.82) is 0 Å². The molecule has 1 aromatic heterocycles. The van der Waals surface area contributed by atoms with Crippen LogP contribution in [0.5, 0.6) is 5.75 Å². The summed E-state index contributed by atoms with van der Waals surface area (Å²) in [4.78, 5) is 13.3. The summed E-state index contributed by atoms with van der Waals surface area (Å²) < 4.78 is 11.0. The summed E-state index contributed by atoms with van der Waals surface area (Å²) in [6, 6.07) is 5.48. The highest BCUT2D eigenvalue weighted by Crippen LogP contribution is 2.34. The molecule has 0 N–H and O–H groups in total. The number of amides is 1. The molecule has 0 radical (unpaired) electrons. The van der Waals surface area contributed by atoms with E-state index in [0.717, 1.165) is 11.3 Å². The van der Waals surface area contributed by atoms with Gasteiger partial charge in [0.2, 0.25) is 17.7 Å². The molecule has 0 fully saturated rings. The van der Waals surface area contributed by atoms with E-state index < -0.39 is 0 Å². The highest BCUT2D eigenvalue weighted by molar-refractivity contribution is 5.95. The van der Waals surface area contributed by atoms with Gasteiger partial charge < -0.3 is 14.1 Å². The maximum absolute atomic E-state index is 11.7. The Labute approximate surface area is 110 Å². The number of hydrogen-bond acceptors (Lipinski definition) is 5. The molecule has 6 heteroatoms. The van der Waals surface area contributed by atoms with Crippen molar-refractivity contribution in [2.24, 2.45) is 0 Å². The van der Waals surface area contributed by atoms with Crippen molar-refractivity contribution in [2.45, 2.75) is 13.3 Å². The van der Waals surface area contributed by atoms with E-state index >= 15 is 0 Å². The lowest BCUT2D eigenvalue weighted by Gasteiger charge is -2.16. The second-order valence-corrected chi connectivity index (χ2v) is 4.36. The smallest absolute Gasteiger partial charge is 0.247 e. The van der Waals surface area contributed by atoms with Crippen LogP contribution in [0, 0.1) is 6.92 Å². The first-order valence-electron chi connectivity index (χ1n) is 5.99. The molecule has 3 rings (SSSR count). The lowest BCUT2D eigenvalue weighted by Crippen LogP contribution is -2.25. The fraction of sp³-hybridized carbons (Fsp3) is 0.308. The number of benzene rings is 1. The van der Waals surface area contributed by atoms with Gasteiger partial charge in [-0.2, -0.15) is 0 Å². The van der Waals surface area contributed by atoms with E-state index in [1.165, 1.54) is 0 Å². The molecule has 0 unspecified atom stereocenters. The summed E-state index contributed by atoms with van der Waals surface area (Å²) in [7, 11) is 1.74. The normalized spacial score (nSPS) is 14.8. The molecule has 0 saturated heterocycles. The third-order valence-corrected chi connectivity index (χ3v) is 3.04. The fourth-order valence-electron chi connectivity index (χ4n) is 2.00. The number of fused-ring (bicyclic) bond motifs is 1. The van der Waals surface area contributed by atoms with Crippen LogP contribution in [-0.4, -0.2) is 29.8 Å². The Morgan fingerprint density at radius 1 is 1.32 bits per heavy atom. The van der Waals surface area contributed by atoms with Gasteiger partial charge in [0.25, 0.3) is 0 Å². The number of carbonyl (C=O) groups is 1. The fourth-order valence-corrected chi connectivity index (χ4v) is 2.00. The van der Waals surface area contributed by atoms with Crippen molar-refractivity contribution in [2.75, 3.05) is 18.6 Å². The largest absolute Gasteiger partial charge is 0.491 e. The number of hydrogen-bond donors (Lipinski definition) is 0. The number of rotatable bonds is 1. The van der Waals surface area contributed by atoms with Gasteiger partial charge in [0.05, 0.1) is 18.7 Å². The summed E-state index contributed by atoms with van der Waals surface area (Å²) in [5.41, 5.74) is 1.53. The first-order valence-corrected chi connectivity index (χ1v) is 5.99. The molecular weight excluding hydrogens is 246 g/mol. The Morgan fingerprint density at radius 3 is 2.89 bits per heavy atom. The van der Waals surface area contributed by atoms with Gasteiger partial charge in [0, 0.05) is 19.5 Å². The zero-order valence-electron chi connectivity index (χ0n) is 10.7. The zero-order valence-corrected chi connectivity index (χ0v) is 10.7. The predicted octanol–water partition coefficient (Wildman–Crippen LogP) is 1.79. The molecule has 2 heterocycles. The van der Waals surface area contributed by atoms with Crippen LogP contribution < -0.4 is 9.64 Å². The van der Waals surface area contributed by atoms with Crippen molar-refractivity contribution >= 4 is 11.6 Å². The van der Waals surface area contributed by atoms with Gasteiger partial charge in [0.1, 0.15) is 5.75 Å². The minimum absolute atomic E-state index is 0.0418. The first-order chi connectivity index (χ1) is 9.15. The van der Waals surface area contributed by atoms with Gasteiger partial charge >= 0.3 is 0 Å². The van der Waals surface area contributed by atoms with Gasteiger partial charge in [-0.1, -0.05) is 0 Å². The number of nitrogens with zero attached hydrogens (tertiary/aromatic N) is 3. The highest BCUT2D eigenvalue weighted by Gasteiger charge is 2.21. The monoisotopic (exact) mass is 259 g/mol. The Hall–Kier alpha value is -2.37. The molecule has 0 atom stereocenters. The minimum atomic E-state index is 0.0418. The molecule has 0 aliphatic carbocycles. The second kappa shape index (κ2) is 4.38. The molecule has 2 aromatic rings. The Kier molecular flexibility index (Phi) is 2.70. The molecule has 0 bridgehead atoms. The first kappa shape index (κ1) is 11.7. The Morgan fingerprint density at radius 2 is 2.16 bits per heavy atom. The summed E-state index contributed by atoms with van der Waals surface area (Å²) >= 11 is 0. The van der Waals surface area contributed by atoms with Gasteiger partial charge in [-0.25, -0.2) is 0 Å². The van der Waals surface area contributed by atoms with E-state index in [1.807, 2.05) is 18.2 Å². The predicted molar refractivity (Wildman–Crippen MR) is 68.0 cm³/mol. The molecule has 6 nitrogen and oxygen atoms in total. The van der Waals surface area contributed by atoms with Crippen molar-refractivity contribution in [3.05, 3.63) is 24.1 Å². The van der Waals surface area contributed by atoms with Crippen LogP contribution in [0.15, 0.2) is 22.6 Å². The Bertz CT molecular complexity index is 636. The van der Waals surface area contributed by atoms with Crippen molar-refractivity contribution in [1.82, 2.24) is 10.2 Å². The van der Waals surface area contributed by atoms with E-state index in [4.69, 9.17) is 9.15 Å². The Balaban J connectivity index is 2.04. The average molecular weight is 259 g/mol. The second-order valence-electron chi connectivity index (χ2n) is 4.36. The maximum Gasteiger partial charge on any atom is 0.247 e. The third kappa shape index (κ3) is 2.05. The lowest BCUT2D eigenvalue weighted by molar-refractivity contribution is -0.118. The van der Waals surface area contributed by atoms with Crippen molar-refractivity contribution in [3.63, 3.8) is 0 Å². The van der Waals surface area contributed by atoms with E-state index in [2.05, 4.69) is 10.2 Å². The quantitative estimate of drug-likeness (QED) is 0.781. The third-order valence-electron chi connectivity index (χ3n) is 3.04. The molecular formula is C13H13N3O3. The maximum atomic E-state index is 11.7. The van der Waals surface area contributed by atoms with Crippen LogP contribution in [0.2, 0.25) is 0 Å². The van der Waals surface area contributed by atoms with Gasteiger partial charge in [-0.15, -0.1) is 10.2 Å². The molecule has 98 valence electrons. The molecule has 0 spiro atoms. The summed E-state index contributed by atoms with van der Waals surface area (Å²) in [6.07, 6.45) is 0.375. The van der Waals surface area contributed by atoms with E-state index in [0.29, 0.717) is 30.6 Å². The number of aryl methyl sites for hydroxylation is 1. The van der Waals surface area contributed by atoms with Crippen molar-refractivity contribution < 1.29 is 13.9 Å². The summed E-state index contributed by atoms with van der Waals surface area (Å²) in [5, 5.41) is 7.77. The number of ether oxygens (including phenoxy) is 1. The van der Waals surface area contributed by atoms with E-state index in [1.54, 1.807) is 18.9 Å². The zero-order chi connectivity index (χ0) is 13.4. The van der Waals surface area contributed by atoms with Gasteiger partial charge in [-0.3, -0.25) is 4.79 Å². The standard InChI is InChI=1S/C13H13N3O3/c1-8-14-15-13(19-8)9-3-4-10-11(7-9)18-6-5-12(17)16(10)2/h3-4,7H,5-6H2,1-2H3. The highest BCUT2D eigenvalue weighted by atomic mass is 16.5. The number of carbonyl (C=O) groups excluding carboxylic acids is 1. The molecule has 19 heavy (non-hydrogen) atoms. The topological polar surface area (TPSA) is 68.5 Å². The van der Waals surface area contributed by atoms with Crippen LogP contribution in [0.1, 0.15) is 12.3 Å². The van der Waals surface area contributed by atoms with Crippen LogP contribution in [0.25, 0.3) is 11.5 Å². The van der Waals surface area contributed by atoms with E-state index in [9.17, 15) is 4.79 Å². The summed E-state index contributed by atoms with van der Waals surface area (Å²) in [6.45, 7) is 2.12. The molecule has 1 aromatic carbocycles. The lowest BCUT2D eigenvalue weighted by atomic mass is 10.1. The molecule has 1 aliphatic heterocycles. The number of aromatic nitrogens is 2. The van der Waals surface area contributed by atoms with Crippen LogP contribution in [0.3, 0.4) is 0 Å². The van der Waals surface area contributed by atoms with Gasteiger partial charge in [-0.05, 0) is 18.2 Å². The summed E-state index contributed by atoms with van der Waals surface area (Å²) in [5.74, 6) is 1.65. The SMILES string of the molecule is Cc1nnc(-c2ccc3c(c2)OCCC(=O)N3C)o1. The minimum Gasteiger partial charge on any atom is -0.491 e. The van der Waals surface area contributed by atoms with Crippen LogP contribution in [-0.2, 0) is 4.79 Å². The molecule has 0 saturated carbocycles. The number of anilines is 1. The van der Waals surface area contributed by atoms with Crippen LogP contribution in [0.4, 0.5) is 5.69 Å². The van der Waals surface area contributed by atoms with Crippen LogP contribution >= 0.6 is 0 Å². The average Bonchev–Trinajstić information content (AvgIpc) is 2.78.